The minimum Gasteiger partial charge on any atom is -0.481 e. The van der Waals surface area contributed by atoms with Crippen molar-refractivity contribution in [2.24, 2.45) is 11.8 Å². The fourth-order valence-corrected chi connectivity index (χ4v) is 2.88. The third kappa shape index (κ3) is 2.62. The lowest BCUT2D eigenvalue weighted by atomic mass is 10.1. The number of nitrogens with zero attached hydrogens (tertiary/aromatic N) is 3. The molecule has 1 atom stereocenters. The van der Waals surface area contributed by atoms with Crippen molar-refractivity contribution in [2.45, 2.75) is 32.7 Å². The van der Waals surface area contributed by atoms with E-state index in [9.17, 15) is 0 Å². The molecule has 0 aliphatic heterocycles. The van der Waals surface area contributed by atoms with E-state index in [1.54, 1.807) is 7.11 Å². The van der Waals surface area contributed by atoms with Gasteiger partial charge in [0, 0.05) is 24.9 Å². The van der Waals surface area contributed by atoms with Crippen LogP contribution in [0.3, 0.4) is 0 Å². The Morgan fingerprint density at radius 1 is 1.40 bits per heavy atom. The minimum atomic E-state index is 0.582. The number of alkyl halides is 1. The number of hydrogen-bond acceptors (Lipinski definition) is 3. The molecule has 3 rings (SSSR count). The number of aromatic nitrogens is 3. The first-order chi connectivity index (χ1) is 9.72. The van der Waals surface area contributed by atoms with Crippen molar-refractivity contribution < 1.29 is 4.74 Å². The van der Waals surface area contributed by atoms with Gasteiger partial charge < -0.3 is 9.30 Å². The number of rotatable bonds is 6. The molecule has 2 aromatic heterocycles. The Morgan fingerprint density at radius 3 is 2.85 bits per heavy atom. The molecule has 0 bridgehead atoms. The quantitative estimate of drug-likeness (QED) is 0.768. The zero-order chi connectivity index (χ0) is 14.1. The Hall–Kier alpha value is -1.29. The molecule has 0 radical (unpaired) electrons. The third-order valence-electron chi connectivity index (χ3n) is 4.07. The smallest absolute Gasteiger partial charge is 0.215 e. The van der Waals surface area contributed by atoms with Gasteiger partial charge >= 0.3 is 0 Å². The Morgan fingerprint density at radius 2 is 2.20 bits per heavy atom. The average Bonchev–Trinajstić information content (AvgIpc) is 3.25. The van der Waals surface area contributed by atoms with Gasteiger partial charge in [-0.2, -0.15) is 4.98 Å². The molecular weight excluding hydrogens is 274 g/mol. The summed E-state index contributed by atoms with van der Waals surface area (Å²) < 4.78 is 7.46. The summed E-state index contributed by atoms with van der Waals surface area (Å²) in [5.41, 5.74) is 1.84. The first kappa shape index (κ1) is 13.7. The van der Waals surface area contributed by atoms with E-state index in [0.717, 1.165) is 35.9 Å². The summed E-state index contributed by atoms with van der Waals surface area (Å²) in [6, 6.07) is 3.83. The number of hydrogen-bond donors (Lipinski definition) is 0. The second-order valence-electron chi connectivity index (χ2n) is 5.59. The molecule has 1 saturated carbocycles. The van der Waals surface area contributed by atoms with Crippen molar-refractivity contribution in [2.75, 3.05) is 13.0 Å². The van der Waals surface area contributed by atoms with E-state index in [2.05, 4.69) is 21.5 Å². The van der Waals surface area contributed by atoms with Crippen LogP contribution in [0, 0.1) is 11.8 Å². The van der Waals surface area contributed by atoms with Crippen LogP contribution in [0.5, 0.6) is 5.88 Å². The number of pyridine rings is 1. The Bertz CT molecular complexity index is 606. The van der Waals surface area contributed by atoms with Crippen molar-refractivity contribution in [1.29, 1.82) is 0 Å². The molecule has 0 spiro atoms. The predicted molar refractivity (Wildman–Crippen MR) is 80.4 cm³/mol. The highest BCUT2D eigenvalue weighted by atomic mass is 35.5. The van der Waals surface area contributed by atoms with Crippen LogP contribution in [0.1, 0.15) is 25.6 Å². The molecule has 1 fully saturated rings. The van der Waals surface area contributed by atoms with Crippen molar-refractivity contribution in [3.8, 4) is 5.88 Å². The summed E-state index contributed by atoms with van der Waals surface area (Å²) in [6.45, 7) is 3.28. The second kappa shape index (κ2) is 5.60. The molecule has 2 aromatic rings. The monoisotopic (exact) mass is 293 g/mol. The lowest BCUT2D eigenvalue weighted by Gasteiger charge is -2.14. The van der Waals surface area contributed by atoms with E-state index in [1.165, 1.54) is 12.8 Å². The Balaban J connectivity index is 2.01. The molecule has 1 aliphatic rings. The van der Waals surface area contributed by atoms with E-state index in [1.807, 2.05) is 12.1 Å². The Kier molecular flexibility index (Phi) is 3.83. The molecule has 108 valence electrons. The molecule has 1 aliphatic carbocycles. The van der Waals surface area contributed by atoms with Crippen LogP contribution in [0.4, 0.5) is 0 Å². The zero-order valence-corrected chi connectivity index (χ0v) is 12.7. The van der Waals surface area contributed by atoms with Gasteiger partial charge in [-0.25, -0.2) is 4.98 Å². The number of halogens is 1. The lowest BCUT2D eigenvalue weighted by Crippen LogP contribution is -2.13. The topological polar surface area (TPSA) is 39.9 Å². The number of methoxy groups -OCH3 is 1. The van der Waals surface area contributed by atoms with E-state index in [0.29, 0.717) is 17.7 Å². The SMILES string of the molecule is COc1ccc2nc(CCCl)n(CC(C)C3CC3)c2n1. The third-order valence-corrected chi connectivity index (χ3v) is 4.26. The molecule has 4 nitrogen and oxygen atoms in total. The molecule has 0 N–H and O–H groups in total. The van der Waals surface area contributed by atoms with Gasteiger partial charge in [-0.1, -0.05) is 6.92 Å². The van der Waals surface area contributed by atoms with Crippen LogP contribution in [-0.2, 0) is 13.0 Å². The minimum absolute atomic E-state index is 0.582. The number of aryl methyl sites for hydroxylation is 1. The van der Waals surface area contributed by atoms with E-state index < -0.39 is 0 Å². The molecule has 2 heterocycles. The first-order valence-electron chi connectivity index (χ1n) is 7.19. The fourth-order valence-electron chi connectivity index (χ4n) is 2.71. The van der Waals surface area contributed by atoms with Crippen LogP contribution < -0.4 is 4.74 Å². The van der Waals surface area contributed by atoms with Gasteiger partial charge in [0.05, 0.1) is 7.11 Å². The summed E-state index contributed by atoms with van der Waals surface area (Å²) in [4.78, 5) is 9.24. The Labute approximate surface area is 124 Å². The van der Waals surface area contributed by atoms with Crippen molar-refractivity contribution in [1.82, 2.24) is 14.5 Å². The maximum Gasteiger partial charge on any atom is 0.215 e. The standard InChI is InChI=1S/C15H20ClN3O/c1-10(11-3-4-11)9-19-13(7-8-16)17-12-5-6-14(20-2)18-15(12)19/h5-6,10-11H,3-4,7-9H2,1-2H3. The summed E-state index contributed by atoms with van der Waals surface area (Å²) in [7, 11) is 1.64. The summed E-state index contributed by atoms with van der Waals surface area (Å²) in [5, 5.41) is 0. The van der Waals surface area contributed by atoms with E-state index in [4.69, 9.17) is 16.3 Å². The maximum absolute atomic E-state index is 5.91. The van der Waals surface area contributed by atoms with Gasteiger partial charge in [0.25, 0.3) is 0 Å². The van der Waals surface area contributed by atoms with Crippen LogP contribution in [0.2, 0.25) is 0 Å². The molecule has 0 saturated heterocycles. The largest absolute Gasteiger partial charge is 0.481 e. The van der Waals surface area contributed by atoms with Crippen LogP contribution in [0.25, 0.3) is 11.2 Å². The number of ether oxygens (including phenoxy) is 1. The van der Waals surface area contributed by atoms with E-state index in [-0.39, 0.29) is 0 Å². The van der Waals surface area contributed by atoms with Gasteiger partial charge in [0.2, 0.25) is 5.88 Å². The molecule has 0 aromatic carbocycles. The van der Waals surface area contributed by atoms with Crippen LogP contribution >= 0.6 is 11.6 Å². The van der Waals surface area contributed by atoms with Crippen molar-refractivity contribution in [3.63, 3.8) is 0 Å². The van der Waals surface area contributed by atoms with Crippen molar-refractivity contribution >= 4 is 22.8 Å². The highest BCUT2D eigenvalue weighted by molar-refractivity contribution is 6.17. The predicted octanol–water partition coefficient (Wildman–Crippen LogP) is 3.27. The van der Waals surface area contributed by atoms with Gasteiger partial charge in [0.1, 0.15) is 11.3 Å². The lowest BCUT2D eigenvalue weighted by molar-refractivity contribution is 0.396. The first-order valence-corrected chi connectivity index (χ1v) is 7.72. The molecule has 5 heteroatoms. The highest BCUT2D eigenvalue weighted by Gasteiger charge is 2.29. The highest BCUT2D eigenvalue weighted by Crippen LogP contribution is 2.37. The van der Waals surface area contributed by atoms with Gasteiger partial charge in [0.15, 0.2) is 5.65 Å². The van der Waals surface area contributed by atoms with Gasteiger partial charge in [-0.05, 0) is 30.7 Å². The zero-order valence-electron chi connectivity index (χ0n) is 12.0. The summed E-state index contributed by atoms with van der Waals surface area (Å²) >= 11 is 5.91. The molecular formula is C15H20ClN3O. The van der Waals surface area contributed by atoms with Gasteiger partial charge in [-0.15, -0.1) is 11.6 Å². The maximum atomic E-state index is 5.91. The van der Waals surface area contributed by atoms with Gasteiger partial charge in [-0.3, -0.25) is 0 Å². The van der Waals surface area contributed by atoms with Crippen LogP contribution in [0.15, 0.2) is 12.1 Å². The summed E-state index contributed by atoms with van der Waals surface area (Å²) in [5.74, 6) is 3.77. The van der Waals surface area contributed by atoms with E-state index >= 15 is 0 Å². The van der Waals surface area contributed by atoms with Crippen LogP contribution in [-0.4, -0.2) is 27.5 Å². The average molecular weight is 294 g/mol. The molecule has 20 heavy (non-hydrogen) atoms. The van der Waals surface area contributed by atoms with Crippen molar-refractivity contribution in [3.05, 3.63) is 18.0 Å². The summed E-state index contributed by atoms with van der Waals surface area (Å²) in [6.07, 6.45) is 3.49. The fraction of sp³-hybridized carbons (Fsp3) is 0.600. The normalized spacial score (nSPS) is 16.6. The second-order valence-corrected chi connectivity index (χ2v) is 5.97. The number of imidazole rings is 1. The molecule has 1 unspecified atom stereocenters. The molecule has 0 amide bonds. The number of fused-ring (bicyclic) bond motifs is 1.